The van der Waals surface area contributed by atoms with Gasteiger partial charge in [0.1, 0.15) is 11.6 Å². The molecule has 1 aliphatic rings. The van der Waals surface area contributed by atoms with Crippen molar-refractivity contribution in [1.82, 2.24) is 4.98 Å². The minimum atomic E-state index is 0.799. The van der Waals surface area contributed by atoms with Crippen molar-refractivity contribution in [1.29, 1.82) is 0 Å². The van der Waals surface area contributed by atoms with Gasteiger partial charge in [0, 0.05) is 37.7 Å². The lowest BCUT2D eigenvalue weighted by atomic mass is 10.1. The molecule has 0 atom stereocenters. The number of ether oxygens (including phenoxy) is 1. The monoisotopic (exact) mass is 359 g/mol. The number of benzene rings is 2. The number of rotatable bonds is 4. The molecule has 0 saturated heterocycles. The lowest BCUT2D eigenvalue weighted by molar-refractivity contribution is 0.317. The number of hydrogen-bond donors (Lipinski definition) is 1. The van der Waals surface area contributed by atoms with Crippen LogP contribution in [0.1, 0.15) is 18.4 Å². The number of aromatic nitrogens is 1. The minimum Gasteiger partial charge on any atom is -0.493 e. The Balaban J connectivity index is 1.55. The standard InChI is InChI=1S/C23H25N3O/c1-26(2)21-10-7-17(8-11-21)19-12-13-24-23(15-19)25-20-9-6-18-5-3-4-14-27-22(18)16-20/h6-13,15-16H,3-5,14H2,1-2H3,(H,24,25). The van der Waals surface area contributed by atoms with E-state index < -0.39 is 0 Å². The van der Waals surface area contributed by atoms with Crippen LogP contribution in [0.5, 0.6) is 5.75 Å². The van der Waals surface area contributed by atoms with Crippen LogP contribution in [-0.4, -0.2) is 25.7 Å². The van der Waals surface area contributed by atoms with Gasteiger partial charge in [0.15, 0.2) is 0 Å². The zero-order valence-corrected chi connectivity index (χ0v) is 15.9. The summed E-state index contributed by atoms with van der Waals surface area (Å²) in [5.74, 6) is 1.82. The zero-order chi connectivity index (χ0) is 18.6. The molecule has 4 nitrogen and oxygen atoms in total. The first-order chi connectivity index (χ1) is 13.2. The number of hydrogen-bond acceptors (Lipinski definition) is 4. The highest BCUT2D eigenvalue weighted by Crippen LogP contribution is 2.30. The second kappa shape index (κ2) is 7.70. The maximum Gasteiger partial charge on any atom is 0.130 e. The number of aryl methyl sites for hydroxylation is 1. The lowest BCUT2D eigenvalue weighted by Crippen LogP contribution is -2.07. The number of fused-ring (bicyclic) bond motifs is 1. The third-order valence-corrected chi connectivity index (χ3v) is 4.91. The topological polar surface area (TPSA) is 37.4 Å². The van der Waals surface area contributed by atoms with E-state index in [1.54, 1.807) is 0 Å². The third kappa shape index (κ3) is 4.05. The molecule has 0 fully saturated rings. The van der Waals surface area contributed by atoms with Crippen molar-refractivity contribution in [3.63, 3.8) is 0 Å². The molecule has 0 bridgehead atoms. The van der Waals surface area contributed by atoms with Crippen molar-refractivity contribution in [3.05, 3.63) is 66.4 Å². The average molecular weight is 359 g/mol. The quantitative estimate of drug-likeness (QED) is 0.688. The minimum absolute atomic E-state index is 0.799. The number of anilines is 3. The van der Waals surface area contributed by atoms with Crippen LogP contribution in [0.4, 0.5) is 17.2 Å². The van der Waals surface area contributed by atoms with Crippen molar-refractivity contribution in [2.75, 3.05) is 30.9 Å². The predicted molar refractivity (Wildman–Crippen MR) is 112 cm³/mol. The van der Waals surface area contributed by atoms with E-state index in [1.807, 2.05) is 26.4 Å². The van der Waals surface area contributed by atoms with Crippen LogP contribution >= 0.6 is 0 Å². The van der Waals surface area contributed by atoms with Gasteiger partial charge in [-0.05, 0) is 66.3 Å². The fraction of sp³-hybridized carbons (Fsp3) is 0.261. The number of nitrogens with one attached hydrogen (secondary N) is 1. The smallest absolute Gasteiger partial charge is 0.130 e. The first kappa shape index (κ1) is 17.4. The Labute approximate surface area is 160 Å². The van der Waals surface area contributed by atoms with Crippen molar-refractivity contribution in [2.24, 2.45) is 0 Å². The van der Waals surface area contributed by atoms with Gasteiger partial charge in [0.05, 0.1) is 6.61 Å². The molecule has 0 unspecified atom stereocenters. The van der Waals surface area contributed by atoms with Crippen molar-refractivity contribution < 1.29 is 4.74 Å². The van der Waals surface area contributed by atoms with Gasteiger partial charge in [-0.3, -0.25) is 0 Å². The van der Waals surface area contributed by atoms with Crippen molar-refractivity contribution in [3.8, 4) is 16.9 Å². The highest BCUT2D eigenvalue weighted by Gasteiger charge is 2.10. The maximum absolute atomic E-state index is 5.89. The molecule has 0 saturated carbocycles. The lowest BCUT2D eigenvalue weighted by Gasteiger charge is -2.13. The van der Waals surface area contributed by atoms with Crippen LogP contribution in [0.3, 0.4) is 0 Å². The summed E-state index contributed by atoms with van der Waals surface area (Å²) in [5, 5.41) is 3.41. The summed E-state index contributed by atoms with van der Waals surface area (Å²) in [6.07, 6.45) is 5.24. The summed E-state index contributed by atoms with van der Waals surface area (Å²) < 4.78 is 5.89. The molecular formula is C23H25N3O. The first-order valence-electron chi connectivity index (χ1n) is 9.45. The Morgan fingerprint density at radius 1 is 0.926 bits per heavy atom. The molecule has 27 heavy (non-hydrogen) atoms. The molecule has 0 radical (unpaired) electrons. The summed E-state index contributed by atoms with van der Waals surface area (Å²) in [5.41, 5.74) is 5.81. The van der Waals surface area contributed by atoms with E-state index >= 15 is 0 Å². The molecule has 0 spiro atoms. The summed E-state index contributed by atoms with van der Waals surface area (Å²) in [4.78, 5) is 6.58. The van der Waals surface area contributed by atoms with Crippen molar-refractivity contribution >= 4 is 17.2 Å². The molecule has 0 amide bonds. The van der Waals surface area contributed by atoms with Gasteiger partial charge in [-0.1, -0.05) is 18.2 Å². The first-order valence-corrected chi connectivity index (χ1v) is 9.45. The van der Waals surface area contributed by atoms with Gasteiger partial charge in [-0.15, -0.1) is 0 Å². The number of pyridine rings is 1. The van der Waals surface area contributed by atoms with E-state index in [1.165, 1.54) is 23.2 Å². The molecule has 1 N–H and O–H groups in total. The summed E-state index contributed by atoms with van der Waals surface area (Å²) in [6.45, 7) is 0.799. The van der Waals surface area contributed by atoms with Crippen molar-refractivity contribution in [2.45, 2.75) is 19.3 Å². The van der Waals surface area contributed by atoms with Gasteiger partial charge in [-0.2, -0.15) is 0 Å². The van der Waals surface area contributed by atoms with Gasteiger partial charge >= 0.3 is 0 Å². The summed E-state index contributed by atoms with van der Waals surface area (Å²) in [7, 11) is 4.10. The Kier molecular flexibility index (Phi) is 4.97. The molecule has 1 aliphatic heterocycles. The fourth-order valence-corrected chi connectivity index (χ4v) is 3.35. The van der Waals surface area contributed by atoms with Crippen LogP contribution in [0, 0.1) is 0 Å². The molecule has 4 rings (SSSR count). The molecule has 138 valence electrons. The molecule has 4 heteroatoms. The van der Waals surface area contributed by atoms with Gasteiger partial charge in [0.25, 0.3) is 0 Å². The number of nitrogens with zero attached hydrogens (tertiary/aromatic N) is 2. The Morgan fingerprint density at radius 2 is 1.78 bits per heavy atom. The Hall–Kier alpha value is -3.01. The molecule has 3 aromatic rings. The molecule has 2 heterocycles. The second-order valence-electron chi connectivity index (χ2n) is 7.12. The Bertz CT molecular complexity index is 919. The van der Waals surface area contributed by atoms with Gasteiger partial charge < -0.3 is 15.0 Å². The predicted octanol–water partition coefficient (Wildman–Crippen LogP) is 5.27. The second-order valence-corrected chi connectivity index (χ2v) is 7.12. The van der Waals surface area contributed by atoms with Crippen LogP contribution in [0.15, 0.2) is 60.8 Å². The molecule has 2 aromatic carbocycles. The summed E-state index contributed by atoms with van der Waals surface area (Å²) in [6, 6.07) is 19.0. The highest BCUT2D eigenvalue weighted by molar-refractivity contribution is 5.70. The van der Waals surface area contributed by atoms with Crippen LogP contribution in [-0.2, 0) is 6.42 Å². The van der Waals surface area contributed by atoms with E-state index in [2.05, 4.69) is 63.7 Å². The zero-order valence-electron chi connectivity index (χ0n) is 15.9. The Morgan fingerprint density at radius 3 is 2.59 bits per heavy atom. The van der Waals surface area contributed by atoms with Crippen LogP contribution < -0.4 is 15.0 Å². The molecular weight excluding hydrogens is 334 g/mol. The maximum atomic E-state index is 5.89. The summed E-state index contributed by atoms with van der Waals surface area (Å²) >= 11 is 0. The average Bonchev–Trinajstić information content (AvgIpc) is 2.93. The molecule has 1 aromatic heterocycles. The largest absolute Gasteiger partial charge is 0.493 e. The van der Waals surface area contributed by atoms with E-state index in [4.69, 9.17) is 4.74 Å². The van der Waals surface area contributed by atoms with Gasteiger partial charge in [-0.25, -0.2) is 4.98 Å². The SMILES string of the molecule is CN(C)c1ccc(-c2ccnc(Nc3ccc4c(c3)OCCCC4)c2)cc1. The van der Waals surface area contributed by atoms with E-state index in [0.717, 1.165) is 42.3 Å². The van der Waals surface area contributed by atoms with E-state index in [9.17, 15) is 0 Å². The van der Waals surface area contributed by atoms with E-state index in [0.29, 0.717) is 0 Å². The fourth-order valence-electron chi connectivity index (χ4n) is 3.35. The van der Waals surface area contributed by atoms with E-state index in [-0.39, 0.29) is 0 Å². The molecule has 0 aliphatic carbocycles. The highest BCUT2D eigenvalue weighted by atomic mass is 16.5. The van der Waals surface area contributed by atoms with Crippen LogP contribution in [0.25, 0.3) is 11.1 Å². The third-order valence-electron chi connectivity index (χ3n) is 4.91. The van der Waals surface area contributed by atoms with Gasteiger partial charge in [0.2, 0.25) is 0 Å². The van der Waals surface area contributed by atoms with Crippen LogP contribution in [0.2, 0.25) is 0 Å². The normalized spacial score (nSPS) is 13.3.